The Morgan fingerprint density at radius 1 is 1.06 bits per heavy atom. The standard InChI is InChI=1S/C25H22FN5O4/c1-14-11-16(3-8-19(14)26)13-27-24(33)21-12-20(30-22-9-10-28-31(21)22)23(32)29-15(2)17-4-6-18(7-5-17)25(34)35/h3-12,15H,13H2,1-2H3,(H,27,33)(H,29,32)(H,34,35)/t15-/m0/s1. The first-order valence-electron chi connectivity index (χ1n) is 10.7. The van der Waals surface area contributed by atoms with Gasteiger partial charge < -0.3 is 15.7 Å². The van der Waals surface area contributed by atoms with E-state index in [0.29, 0.717) is 16.8 Å². The molecule has 0 fully saturated rings. The summed E-state index contributed by atoms with van der Waals surface area (Å²) in [6, 6.07) is 13.2. The van der Waals surface area contributed by atoms with Crippen molar-refractivity contribution in [1.29, 1.82) is 0 Å². The number of benzene rings is 2. The molecule has 0 bridgehead atoms. The van der Waals surface area contributed by atoms with Crippen LogP contribution >= 0.6 is 0 Å². The number of nitrogens with one attached hydrogen (secondary N) is 2. The molecule has 4 aromatic rings. The van der Waals surface area contributed by atoms with Gasteiger partial charge in [0, 0.05) is 18.7 Å². The van der Waals surface area contributed by atoms with Crippen LogP contribution in [-0.2, 0) is 6.54 Å². The van der Waals surface area contributed by atoms with Crippen molar-refractivity contribution in [3.63, 3.8) is 0 Å². The number of carbonyl (C=O) groups is 3. The van der Waals surface area contributed by atoms with Gasteiger partial charge in [-0.2, -0.15) is 5.10 Å². The van der Waals surface area contributed by atoms with Crippen LogP contribution in [0.25, 0.3) is 5.65 Å². The van der Waals surface area contributed by atoms with Crippen LogP contribution in [0.3, 0.4) is 0 Å². The van der Waals surface area contributed by atoms with Crippen LogP contribution in [0.15, 0.2) is 60.8 Å². The van der Waals surface area contributed by atoms with Gasteiger partial charge in [-0.25, -0.2) is 18.7 Å². The van der Waals surface area contributed by atoms with Gasteiger partial charge >= 0.3 is 5.97 Å². The van der Waals surface area contributed by atoms with Gasteiger partial charge in [-0.1, -0.05) is 24.3 Å². The molecule has 0 unspecified atom stereocenters. The van der Waals surface area contributed by atoms with Crippen LogP contribution < -0.4 is 10.6 Å². The minimum Gasteiger partial charge on any atom is -0.478 e. The topological polar surface area (TPSA) is 126 Å². The van der Waals surface area contributed by atoms with Crippen molar-refractivity contribution < 1.29 is 23.9 Å². The van der Waals surface area contributed by atoms with Crippen molar-refractivity contribution in [3.8, 4) is 0 Å². The van der Waals surface area contributed by atoms with Gasteiger partial charge in [0.15, 0.2) is 5.65 Å². The molecular weight excluding hydrogens is 453 g/mol. The number of nitrogens with zero attached hydrogens (tertiary/aromatic N) is 3. The number of carbonyl (C=O) groups excluding carboxylic acids is 2. The van der Waals surface area contributed by atoms with Crippen molar-refractivity contribution >= 4 is 23.4 Å². The highest BCUT2D eigenvalue weighted by Crippen LogP contribution is 2.16. The van der Waals surface area contributed by atoms with Crippen LogP contribution in [0.1, 0.15) is 61.0 Å². The van der Waals surface area contributed by atoms with Gasteiger partial charge in [-0.3, -0.25) is 9.59 Å². The monoisotopic (exact) mass is 475 g/mol. The quantitative estimate of drug-likeness (QED) is 0.377. The molecular formula is C25H22FN5O4. The number of carboxylic acid groups (broad SMARTS) is 1. The Hall–Kier alpha value is -4.60. The molecule has 0 aliphatic rings. The first-order chi connectivity index (χ1) is 16.7. The van der Waals surface area contributed by atoms with E-state index in [2.05, 4.69) is 20.7 Å². The third kappa shape index (κ3) is 5.16. The molecule has 2 aromatic heterocycles. The highest BCUT2D eigenvalue weighted by atomic mass is 19.1. The van der Waals surface area contributed by atoms with Crippen molar-refractivity contribution in [2.24, 2.45) is 0 Å². The summed E-state index contributed by atoms with van der Waals surface area (Å²) >= 11 is 0. The number of aromatic carboxylic acids is 1. The Morgan fingerprint density at radius 3 is 2.49 bits per heavy atom. The van der Waals surface area contributed by atoms with Gasteiger partial charge in [-0.05, 0) is 48.7 Å². The maximum Gasteiger partial charge on any atom is 0.335 e. The molecule has 0 aliphatic carbocycles. The van der Waals surface area contributed by atoms with Gasteiger partial charge in [-0.15, -0.1) is 0 Å². The van der Waals surface area contributed by atoms with Crippen LogP contribution in [0.4, 0.5) is 4.39 Å². The number of aromatic nitrogens is 3. The Balaban J connectivity index is 1.52. The lowest BCUT2D eigenvalue weighted by Crippen LogP contribution is -2.30. The fourth-order valence-corrected chi connectivity index (χ4v) is 3.55. The minimum absolute atomic E-state index is 0.0229. The zero-order chi connectivity index (χ0) is 25.1. The number of rotatable bonds is 7. The Kier molecular flexibility index (Phi) is 6.54. The number of fused-ring (bicyclic) bond motifs is 1. The van der Waals surface area contributed by atoms with E-state index < -0.39 is 23.8 Å². The molecule has 10 heteroatoms. The fraction of sp³-hybridized carbons (Fsp3) is 0.160. The van der Waals surface area contributed by atoms with Gasteiger partial charge in [0.2, 0.25) is 0 Å². The maximum atomic E-state index is 13.5. The normalized spacial score (nSPS) is 11.7. The highest BCUT2D eigenvalue weighted by Gasteiger charge is 2.19. The summed E-state index contributed by atoms with van der Waals surface area (Å²) in [5, 5.41) is 18.7. The van der Waals surface area contributed by atoms with Crippen molar-refractivity contribution in [3.05, 3.63) is 100 Å². The highest BCUT2D eigenvalue weighted by molar-refractivity contribution is 5.98. The van der Waals surface area contributed by atoms with E-state index in [0.717, 1.165) is 5.56 Å². The molecule has 4 rings (SSSR count). The summed E-state index contributed by atoms with van der Waals surface area (Å²) in [5.74, 6) is -2.34. The molecule has 1 atom stereocenters. The smallest absolute Gasteiger partial charge is 0.335 e. The maximum absolute atomic E-state index is 13.5. The second-order valence-electron chi connectivity index (χ2n) is 8.02. The Labute approximate surface area is 199 Å². The number of aryl methyl sites for hydroxylation is 1. The van der Waals surface area contributed by atoms with Crippen LogP contribution in [0, 0.1) is 12.7 Å². The lowest BCUT2D eigenvalue weighted by atomic mass is 10.1. The third-order valence-electron chi connectivity index (χ3n) is 5.51. The molecule has 0 saturated heterocycles. The number of halogens is 1. The lowest BCUT2D eigenvalue weighted by molar-refractivity contribution is 0.0696. The van der Waals surface area contributed by atoms with E-state index in [-0.39, 0.29) is 29.3 Å². The second-order valence-corrected chi connectivity index (χ2v) is 8.02. The molecule has 178 valence electrons. The van der Waals surface area contributed by atoms with E-state index >= 15 is 0 Å². The minimum atomic E-state index is -1.04. The molecule has 0 aliphatic heterocycles. The van der Waals surface area contributed by atoms with E-state index in [1.165, 1.54) is 35.0 Å². The van der Waals surface area contributed by atoms with Gasteiger partial charge in [0.25, 0.3) is 11.8 Å². The van der Waals surface area contributed by atoms with Gasteiger partial charge in [0.1, 0.15) is 17.2 Å². The zero-order valence-electron chi connectivity index (χ0n) is 18.9. The van der Waals surface area contributed by atoms with E-state index in [4.69, 9.17) is 5.11 Å². The fourth-order valence-electron chi connectivity index (χ4n) is 3.55. The van der Waals surface area contributed by atoms with Crippen molar-refractivity contribution in [1.82, 2.24) is 25.2 Å². The Bertz CT molecular complexity index is 1430. The average molecular weight is 475 g/mol. The summed E-state index contributed by atoms with van der Waals surface area (Å²) in [7, 11) is 0. The molecule has 0 saturated carbocycles. The SMILES string of the molecule is Cc1cc(CNC(=O)c2cc(C(=O)N[C@@H](C)c3ccc(C(=O)O)cc3)nc3ccnn23)ccc1F. The molecule has 2 aromatic carbocycles. The predicted molar refractivity (Wildman–Crippen MR) is 125 cm³/mol. The molecule has 3 N–H and O–H groups in total. The molecule has 2 amide bonds. The predicted octanol–water partition coefficient (Wildman–Crippen LogP) is 3.30. The van der Waals surface area contributed by atoms with Crippen LogP contribution in [-0.4, -0.2) is 37.5 Å². The Morgan fingerprint density at radius 2 is 1.80 bits per heavy atom. The number of hydrogen-bond acceptors (Lipinski definition) is 5. The van der Waals surface area contributed by atoms with Crippen LogP contribution in [0.2, 0.25) is 0 Å². The molecule has 2 heterocycles. The zero-order valence-corrected chi connectivity index (χ0v) is 18.9. The summed E-state index contributed by atoms with van der Waals surface area (Å²) < 4.78 is 14.8. The number of hydrogen-bond donors (Lipinski definition) is 3. The van der Waals surface area contributed by atoms with Crippen molar-refractivity contribution in [2.45, 2.75) is 26.4 Å². The number of amides is 2. The summed E-state index contributed by atoms with van der Waals surface area (Å²) in [4.78, 5) is 41.2. The molecule has 35 heavy (non-hydrogen) atoms. The van der Waals surface area contributed by atoms with E-state index in [1.807, 2.05) is 0 Å². The van der Waals surface area contributed by atoms with Crippen LogP contribution in [0.5, 0.6) is 0 Å². The first-order valence-corrected chi connectivity index (χ1v) is 10.7. The second kappa shape index (κ2) is 9.72. The van der Waals surface area contributed by atoms with Crippen molar-refractivity contribution in [2.75, 3.05) is 0 Å². The summed E-state index contributed by atoms with van der Waals surface area (Å²) in [5.41, 5.74) is 2.51. The van der Waals surface area contributed by atoms with Gasteiger partial charge in [0.05, 0.1) is 17.8 Å². The third-order valence-corrected chi connectivity index (χ3v) is 5.51. The van der Waals surface area contributed by atoms with E-state index in [9.17, 15) is 18.8 Å². The summed E-state index contributed by atoms with van der Waals surface area (Å²) in [6.45, 7) is 3.56. The largest absolute Gasteiger partial charge is 0.478 e. The molecule has 0 radical (unpaired) electrons. The molecule has 0 spiro atoms. The average Bonchev–Trinajstić information content (AvgIpc) is 3.32. The summed E-state index contributed by atoms with van der Waals surface area (Å²) in [6.07, 6.45) is 1.47. The lowest BCUT2D eigenvalue weighted by Gasteiger charge is -2.15. The molecule has 9 nitrogen and oxygen atoms in total. The van der Waals surface area contributed by atoms with E-state index in [1.54, 1.807) is 44.2 Å². The first kappa shape index (κ1) is 23.6. The number of carboxylic acids is 1.